The molecule has 0 aliphatic carbocycles. The molecule has 2 rings (SSSR count). The molecule has 4 heteroatoms. The number of nitrogens with one attached hydrogen (secondary N) is 1. The van der Waals surface area contributed by atoms with Crippen LogP contribution in [-0.4, -0.2) is 27.3 Å². The van der Waals surface area contributed by atoms with Crippen molar-refractivity contribution in [3.63, 3.8) is 0 Å². The van der Waals surface area contributed by atoms with Gasteiger partial charge in [-0.3, -0.25) is 0 Å². The molecular formula is C16H23N3O. The molecule has 0 fully saturated rings. The first kappa shape index (κ1) is 14.8. The first-order valence-electron chi connectivity index (χ1n) is 7.21. The van der Waals surface area contributed by atoms with E-state index in [4.69, 9.17) is 0 Å². The summed E-state index contributed by atoms with van der Waals surface area (Å²) >= 11 is 0. The lowest BCUT2D eigenvalue weighted by molar-refractivity contribution is 0.239. The van der Waals surface area contributed by atoms with Crippen LogP contribution in [0.5, 0.6) is 0 Å². The summed E-state index contributed by atoms with van der Waals surface area (Å²) in [6.07, 6.45) is 5.76. The third kappa shape index (κ3) is 4.18. The van der Waals surface area contributed by atoms with Crippen molar-refractivity contribution in [1.82, 2.24) is 14.9 Å². The lowest BCUT2D eigenvalue weighted by atomic mass is 10.1. The Bertz CT molecular complexity index is 495. The average molecular weight is 273 g/mol. The second kappa shape index (κ2) is 7.82. The molecule has 20 heavy (non-hydrogen) atoms. The van der Waals surface area contributed by atoms with E-state index < -0.39 is 0 Å². The summed E-state index contributed by atoms with van der Waals surface area (Å²) in [7, 11) is 0. The van der Waals surface area contributed by atoms with Crippen LogP contribution in [-0.2, 0) is 19.5 Å². The molecular weight excluding hydrogens is 250 g/mol. The Morgan fingerprint density at radius 3 is 2.80 bits per heavy atom. The lowest BCUT2D eigenvalue weighted by Gasteiger charge is -2.16. The van der Waals surface area contributed by atoms with E-state index in [1.807, 2.05) is 30.6 Å². The lowest BCUT2D eigenvalue weighted by Crippen LogP contribution is -2.34. The highest BCUT2D eigenvalue weighted by Crippen LogP contribution is 2.05. The van der Waals surface area contributed by atoms with Gasteiger partial charge in [-0.2, -0.15) is 0 Å². The van der Waals surface area contributed by atoms with Crippen molar-refractivity contribution in [2.24, 2.45) is 0 Å². The van der Waals surface area contributed by atoms with Crippen LogP contribution in [0.2, 0.25) is 0 Å². The first-order chi connectivity index (χ1) is 9.83. The Morgan fingerprint density at radius 2 is 2.10 bits per heavy atom. The molecule has 1 heterocycles. The molecule has 0 saturated heterocycles. The quantitative estimate of drug-likeness (QED) is 0.773. The molecule has 0 amide bonds. The van der Waals surface area contributed by atoms with Gasteiger partial charge in [-0.1, -0.05) is 37.3 Å². The highest BCUT2D eigenvalue weighted by Gasteiger charge is 2.09. The number of aryl methyl sites for hydroxylation is 1. The van der Waals surface area contributed by atoms with E-state index in [1.165, 1.54) is 5.56 Å². The Kier molecular flexibility index (Phi) is 5.77. The number of aliphatic hydroxyl groups excluding tert-OH is 1. The largest absolute Gasteiger partial charge is 0.395 e. The molecule has 0 bridgehead atoms. The van der Waals surface area contributed by atoms with Crippen LogP contribution in [0.1, 0.15) is 24.7 Å². The van der Waals surface area contributed by atoms with Crippen LogP contribution in [0, 0.1) is 0 Å². The third-order valence-electron chi connectivity index (χ3n) is 3.36. The van der Waals surface area contributed by atoms with Gasteiger partial charge in [-0.25, -0.2) is 4.98 Å². The van der Waals surface area contributed by atoms with Gasteiger partial charge < -0.3 is 15.0 Å². The van der Waals surface area contributed by atoms with Gasteiger partial charge in [0.1, 0.15) is 5.82 Å². The molecule has 0 aliphatic rings. The second-order valence-electron chi connectivity index (χ2n) is 4.99. The van der Waals surface area contributed by atoms with Crippen molar-refractivity contribution < 1.29 is 5.11 Å². The zero-order chi connectivity index (χ0) is 14.2. The molecule has 0 spiro atoms. The maximum atomic E-state index is 9.50. The number of rotatable bonds is 8. The van der Waals surface area contributed by atoms with E-state index in [0.29, 0.717) is 6.54 Å². The van der Waals surface area contributed by atoms with Crippen LogP contribution in [0.15, 0.2) is 42.7 Å². The summed E-state index contributed by atoms with van der Waals surface area (Å²) in [4.78, 5) is 4.37. The third-order valence-corrected chi connectivity index (χ3v) is 3.36. The van der Waals surface area contributed by atoms with Crippen molar-refractivity contribution in [3.05, 3.63) is 54.1 Å². The summed E-state index contributed by atoms with van der Waals surface area (Å²) in [6.45, 7) is 3.96. The fraction of sp³-hybridized carbons (Fsp3) is 0.438. The summed E-state index contributed by atoms with van der Waals surface area (Å²) in [5.74, 6) is 1.03. The highest BCUT2D eigenvalue weighted by molar-refractivity contribution is 5.15. The molecule has 108 valence electrons. The Hall–Kier alpha value is -1.65. The van der Waals surface area contributed by atoms with Crippen molar-refractivity contribution in [1.29, 1.82) is 0 Å². The van der Waals surface area contributed by atoms with Gasteiger partial charge in [0.05, 0.1) is 13.2 Å². The molecule has 2 aromatic rings. The van der Waals surface area contributed by atoms with Crippen molar-refractivity contribution in [2.45, 2.75) is 38.9 Å². The predicted molar refractivity (Wildman–Crippen MR) is 80.4 cm³/mol. The van der Waals surface area contributed by atoms with Gasteiger partial charge >= 0.3 is 0 Å². The number of imidazole rings is 1. The number of hydrogen-bond acceptors (Lipinski definition) is 3. The molecule has 0 radical (unpaired) electrons. The van der Waals surface area contributed by atoms with Crippen molar-refractivity contribution >= 4 is 0 Å². The van der Waals surface area contributed by atoms with Crippen LogP contribution in [0.4, 0.5) is 0 Å². The van der Waals surface area contributed by atoms with Gasteiger partial charge in [-0.15, -0.1) is 0 Å². The number of benzene rings is 1. The monoisotopic (exact) mass is 273 g/mol. The van der Waals surface area contributed by atoms with Crippen LogP contribution < -0.4 is 5.32 Å². The summed E-state index contributed by atoms with van der Waals surface area (Å²) < 4.78 is 2.16. The molecule has 1 aromatic carbocycles. The molecule has 0 unspecified atom stereocenters. The van der Waals surface area contributed by atoms with Crippen molar-refractivity contribution in [3.8, 4) is 0 Å². The highest BCUT2D eigenvalue weighted by atomic mass is 16.3. The summed E-state index contributed by atoms with van der Waals surface area (Å²) in [6, 6.07) is 10.3. The van der Waals surface area contributed by atoms with E-state index >= 15 is 0 Å². The van der Waals surface area contributed by atoms with Gasteiger partial charge in [-0.05, 0) is 18.4 Å². The molecule has 2 N–H and O–H groups in total. The molecule has 1 aromatic heterocycles. The maximum absolute atomic E-state index is 9.50. The number of nitrogens with zero attached hydrogens (tertiary/aromatic N) is 2. The van der Waals surface area contributed by atoms with Gasteiger partial charge in [0, 0.05) is 25.0 Å². The number of hydrogen-bond donors (Lipinski definition) is 2. The Labute approximate surface area is 120 Å². The van der Waals surface area contributed by atoms with E-state index in [-0.39, 0.29) is 12.6 Å². The first-order valence-corrected chi connectivity index (χ1v) is 7.21. The standard InChI is InChI=1S/C16H23N3O/c1-2-9-19-10-8-17-16(19)12-18-15(13-20)11-14-6-4-3-5-7-14/h3-8,10,15,18,20H,2,9,11-13H2,1H3/t15-/m0/s1. The maximum Gasteiger partial charge on any atom is 0.122 e. The summed E-state index contributed by atoms with van der Waals surface area (Å²) in [5.41, 5.74) is 1.23. The number of aromatic nitrogens is 2. The van der Waals surface area contributed by atoms with E-state index in [9.17, 15) is 5.11 Å². The fourth-order valence-electron chi connectivity index (χ4n) is 2.29. The van der Waals surface area contributed by atoms with Crippen LogP contribution in [0.3, 0.4) is 0 Å². The van der Waals surface area contributed by atoms with Crippen LogP contribution in [0.25, 0.3) is 0 Å². The Balaban J connectivity index is 1.89. The van der Waals surface area contributed by atoms with E-state index in [2.05, 4.69) is 33.9 Å². The summed E-state index contributed by atoms with van der Waals surface area (Å²) in [5, 5.41) is 12.9. The van der Waals surface area contributed by atoms with Gasteiger partial charge in [0.2, 0.25) is 0 Å². The predicted octanol–water partition coefficient (Wildman–Crippen LogP) is 1.99. The molecule has 0 saturated carbocycles. The normalized spacial score (nSPS) is 12.5. The second-order valence-corrected chi connectivity index (χ2v) is 4.99. The van der Waals surface area contributed by atoms with Crippen molar-refractivity contribution in [2.75, 3.05) is 6.61 Å². The molecule has 0 aliphatic heterocycles. The van der Waals surface area contributed by atoms with Gasteiger partial charge in [0.25, 0.3) is 0 Å². The average Bonchev–Trinajstić information content (AvgIpc) is 2.92. The SMILES string of the molecule is CCCn1ccnc1CN[C@H](CO)Cc1ccccc1. The number of aliphatic hydroxyl groups is 1. The fourth-order valence-corrected chi connectivity index (χ4v) is 2.29. The van der Waals surface area contributed by atoms with E-state index in [0.717, 1.165) is 25.2 Å². The minimum atomic E-state index is 0.0594. The zero-order valence-corrected chi connectivity index (χ0v) is 12.0. The smallest absolute Gasteiger partial charge is 0.122 e. The Morgan fingerprint density at radius 1 is 1.30 bits per heavy atom. The topological polar surface area (TPSA) is 50.1 Å². The van der Waals surface area contributed by atoms with E-state index in [1.54, 1.807) is 0 Å². The minimum absolute atomic E-state index is 0.0594. The molecule has 4 nitrogen and oxygen atoms in total. The van der Waals surface area contributed by atoms with Crippen LogP contribution >= 0.6 is 0 Å². The molecule has 1 atom stereocenters. The zero-order valence-electron chi connectivity index (χ0n) is 12.0. The van der Waals surface area contributed by atoms with Gasteiger partial charge in [0.15, 0.2) is 0 Å². The minimum Gasteiger partial charge on any atom is -0.395 e.